The van der Waals surface area contributed by atoms with E-state index in [2.05, 4.69) is 0 Å². The SMILES string of the molecule is Cc1c(F)c(F)c(C)c(C(F)(F)F)c1F.Cc1cc(C(F)(F)F)c(C)cc1F.Cc1cc(C(F)(F)F)c(C)cc1F.Cc1cc(C)c(C)c(C(F)(F)F)c1.Cc1cc(F)c(C)c(C(F)(F)F)c1.Cc1cc(F)c(C)c(C(F)(F)F)c1.Cc1cc(F)c(C)c(F)c1C(F)(F)F.Cc1cc(F)c(C)c(F)c1C(F)(F)F.Cc1ccc(C)c(C(F)(F)F)c1F. The molecular formula is C82H71F39. The molecule has 0 nitrogen and oxygen atoms in total. The van der Waals surface area contributed by atoms with Gasteiger partial charge in [-0.3, -0.25) is 0 Å². The second-order valence-electron chi connectivity index (χ2n) is 26.8. The monoisotopic (exact) mass is 1800 g/mol. The lowest BCUT2D eigenvalue weighted by Gasteiger charge is -2.14. The Hall–Kier alpha value is -9.75. The molecule has 9 aromatic rings. The number of hydrogen-bond donors (Lipinski definition) is 0. The highest BCUT2D eigenvalue weighted by Gasteiger charge is 2.43. The first kappa shape index (κ1) is 109. The molecule has 0 aromatic heterocycles. The van der Waals surface area contributed by atoms with E-state index in [9.17, 15) is 171 Å². The van der Waals surface area contributed by atoms with Crippen LogP contribution >= 0.6 is 0 Å². The van der Waals surface area contributed by atoms with E-state index >= 15 is 0 Å². The maximum atomic E-state index is 13.1. The maximum absolute atomic E-state index is 13.1. The fourth-order valence-corrected chi connectivity index (χ4v) is 10.4. The third-order valence-corrected chi connectivity index (χ3v) is 17.1. The van der Waals surface area contributed by atoms with Crippen molar-refractivity contribution in [2.24, 2.45) is 0 Å². The van der Waals surface area contributed by atoms with E-state index < -0.39 is 209 Å². The highest BCUT2D eigenvalue weighted by molar-refractivity contribution is 5.43. The van der Waals surface area contributed by atoms with Crippen LogP contribution in [0.3, 0.4) is 0 Å². The minimum Gasteiger partial charge on any atom is -0.207 e. The molecule has 0 unspecified atom stereocenters. The molecule has 672 valence electrons. The second-order valence-corrected chi connectivity index (χ2v) is 26.8. The Balaban J connectivity index is 0.000000681. The zero-order valence-corrected chi connectivity index (χ0v) is 66.3. The van der Waals surface area contributed by atoms with Gasteiger partial charge >= 0.3 is 55.6 Å². The summed E-state index contributed by atoms with van der Waals surface area (Å²) in [6, 6.07) is 14.4. The molecule has 0 N–H and O–H groups in total. The molecule has 121 heavy (non-hydrogen) atoms. The molecule has 39 heteroatoms. The molecule has 0 bridgehead atoms. The Labute approximate surface area is 667 Å². The summed E-state index contributed by atoms with van der Waals surface area (Å²) in [6.07, 6.45) is -41.2. The first-order valence-corrected chi connectivity index (χ1v) is 33.7. The smallest absolute Gasteiger partial charge is 0.207 e. The molecule has 0 saturated carbocycles. The summed E-state index contributed by atoms with van der Waals surface area (Å²) >= 11 is 0. The summed E-state index contributed by atoms with van der Waals surface area (Å²) < 4.78 is 486. The summed E-state index contributed by atoms with van der Waals surface area (Å²) in [4.78, 5) is 0. The van der Waals surface area contributed by atoms with Gasteiger partial charge in [-0.05, 0) is 276 Å². The zero-order chi connectivity index (χ0) is 95.5. The highest BCUT2D eigenvalue weighted by Crippen LogP contribution is 2.43. The van der Waals surface area contributed by atoms with Crippen molar-refractivity contribution in [3.63, 3.8) is 0 Å². The van der Waals surface area contributed by atoms with Gasteiger partial charge in [0.1, 0.15) is 58.2 Å². The Kier molecular flexibility index (Phi) is 37.4. The molecule has 0 fully saturated rings. The number of rotatable bonds is 0. The first-order valence-electron chi connectivity index (χ1n) is 33.7. The van der Waals surface area contributed by atoms with Crippen LogP contribution in [0.15, 0.2) is 84.9 Å². The van der Waals surface area contributed by atoms with Gasteiger partial charge in [0.25, 0.3) is 0 Å². The van der Waals surface area contributed by atoms with Gasteiger partial charge in [-0.2, -0.15) is 119 Å². The number of alkyl halides is 27. The van der Waals surface area contributed by atoms with Crippen LogP contribution in [0.25, 0.3) is 0 Å². The molecule has 0 atom stereocenters. The lowest BCUT2D eigenvalue weighted by Crippen LogP contribution is -2.15. The van der Waals surface area contributed by atoms with E-state index in [1.54, 1.807) is 19.9 Å². The molecule has 0 aliphatic rings. The quantitative estimate of drug-likeness (QED) is 0.105. The Morgan fingerprint density at radius 3 is 0.669 bits per heavy atom. The van der Waals surface area contributed by atoms with Gasteiger partial charge in [0.05, 0.1) is 50.1 Å². The average molecular weight is 1800 g/mol. The predicted octanol–water partition coefficient (Wildman–Crippen LogP) is 31.9. The van der Waals surface area contributed by atoms with E-state index in [4.69, 9.17) is 0 Å². The van der Waals surface area contributed by atoms with Crippen molar-refractivity contribution >= 4 is 0 Å². The minimum atomic E-state index is -5.03. The summed E-state index contributed by atoms with van der Waals surface area (Å²) in [5.41, 5.74) is -12.4. The fraction of sp³-hybridized carbons (Fsp3) is 0.341. The molecule has 0 heterocycles. The van der Waals surface area contributed by atoms with Crippen molar-refractivity contribution in [2.45, 2.75) is 187 Å². The van der Waals surface area contributed by atoms with Crippen molar-refractivity contribution in [3.05, 3.63) is 311 Å². The zero-order valence-electron chi connectivity index (χ0n) is 66.3. The lowest BCUT2D eigenvalue weighted by atomic mass is 10.00. The van der Waals surface area contributed by atoms with E-state index in [-0.39, 0.29) is 55.6 Å². The number of halogens is 39. The van der Waals surface area contributed by atoms with E-state index in [1.165, 1.54) is 80.5 Å². The average Bonchev–Trinajstić information content (AvgIpc) is 0.764. The van der Waals surface area contributed by atoms with Crippen LogP contribution in [0.1, 0.15) is 156 Å². The predicted molar refractivity (Wildman–Crippen MR) is 372 cm³/mol. The van der Waals surface area contributed by atoms with Gasteiger partial charge in [-0.1, -0.05) is 23.8 Å². The summed E-state index contributed by atoms with van der Waals surface area (Å²) in [5, 5.41) is 0. The van der Waals surface area contributed by atoms with Gasteiger partial charge in [0.2, 0.25) is 0 Å². The van der Waals surface area contributed by atoms with Crippen LogP contribution in [0.5, 0.6) is 0 Å². The summed E-state index contributed by atoms with van der Waals surface area (Å²) in [7, 11) is 0. The van der Waals surface area contributed by atoms with Crippen LogP contribution in [0.2, 0.25) is 0 Å². The molecule has 0 radical (unpaired) electrons. The van der Waals surface area contributed by atoms with E-state index in [0.29, 0.717) is 35.7 Å². The van der Waals surface area contributed by atoms with Gasteiger partial charge < -0.3 is 0 Å². The van der Waals surface area contributed by atoms with Gasteiger partial charge in [-0.25, -0.2) is 52.7 Å². The largest absolute Gasteiger partial charge is 0.419 e. The van der Waals surface area contributed by atoms with Crippen LogP contribution in [-0.4, -0.2) is 0 Å². The van der Waals surface area contributed by atoms with Crippen molar-refractivity contribution in [1.29, 1.82) is 0 Å². The fourth-order valence-electron chi connectivity index (χ4n) is 10.4. The van der Waals surface area contributed by atoms with Crippen molar-refractivity contribution < 1.29 is 171 Å². The lowest BCUT2D eigenvalue weighted by molar-refractivity contribution is -0.141. The third kappa shape index (κ3) is 30.7. The van der Waals surface area contributed by atoms with Crippen molar-refractivity contribution in [1.82, 2.24) is 0 Å². The number of aryl methyl sites for hydroxylation is 12. The summed E-state index contributed by atoms with van der Waals surface area (Å²) in [6.45, 7) is 23.0. The highest BCUT2D eigenvalue weighted by atomic mass is 19.4. The van der Waals surface area contributed by atoms with Gasteiger partial charge in [-0.15, -0.1) is 0 Å². The second kappa shape index (κ2) is 41.4. The molecular weight excluding hydrogens is 1730 g/mol. The molecule has 9 aromatic carbocycles. The minimum absolute atomic E-state index is 0.0120. The molecule has 0 spiro atoms. The Bertz CT molecular complexity index is 4750. The normalized spacial score (nSPS) is 11.9. The molecule has 0 aliphatic heterocycles. The van der Waals surface area contributed by atoms with E-state index in [1.807, 2.05) is 0 Å². The van der Waals surface area contributed by atoms with Crippen LogP contribution in [0, 0.1) is 201 Å². The molecule has 0 amide bonds. The molecule has 0 saturated heterocycles. The van der Waals surface area contributed by atoms with Crippen molar-refractivity contribution in [3.8, 4) is 0 Å². The first-order chi connectivity index (χ1) is 54.1. The summed E-state index contributed by atoms with van der Waals surface area (Å²) in [5.74, 6) is -14.0. The number of hydrogen-bond acceptors (Lipinski definition) is 0. The Morgan fingerprint density at radius 1 is 0.149 bits per heavy atom. The topological polar surface area (TPSA) is 0 Å². The number of benzene rings is 9. The van der Waals surface area contributed by atoms with Crippen molar-refractivity contribution in [2.75, 3.05) is 0 Å². The van der Waals surface area contributed by atoms with Gasteiger partial charge in [0.15, 0.2) is 11.6 Å². The van der Waals surface area contributed by atoms with Crippen LogP contribution < -0.4 is 0 Å². The Morgan fingerprint density at radius 2 is 0.388 bits per heavy atom. The standard InChI is InChI=1S/C10H11F3.C9H6F6.2C9H7F5.5C9H8F4/c1-6-4-7(2)8(3)9(5-6)10(11,12)13;1-3-5(9(13,14)15)6(10)4(2)8(12)7(3)11;2*1-4-3-6(10)5(2)8(11)7(4)9(12,13)14;2*1-5-4-8(10)6(2)3-7(5)9(11,12)13;2*1-5-3-7(9(11,12)13)6(2)8(10)4-5;1-5-3-4-6(2)8(10)7(5)9(11,12)13/h4-5H,1-3H3;1-2H3;2*3H,1-2H3;5*3-4H,1-2H3. The molecule has 0 aliphatic carbocycles. The van der Waals surface area contributed by atoms with E-state index in [0.717, 1.165) is 97.0 Å². The maximum Gasteiger partial charge on any atom is 0.419 e. The van der Waals surface area contributed by atoms with Gasteiger partial charge in [0, 0.05) is 22.3 Å². The third-order valence-electron chi connectivity index (χ3n) is 17.1. The van der Waals surface area contributed by atoms with Crippen LogP contribution in [0.4, 0.5) is 171 Å². The van der Waals surface area contributed by atoms with Crippen LogP contribution in [-0.2, 0) is 55.6 Å². The molecule has 9 rings (SSSR count).